The highest BCUT2D eigenvalue weighted by molar-refractivity contribution is 7.08. The molecule has 0 aliphatic carbocycles. The van der Waals surface area contributed by atoms with Gasteiger partial charge in [-0.05, 0) is 25.3 Å². The van der Waals surface area contributed by atoms with Crippen molar-refractivity contribution in [2.75, 3.05) is 5.32 Å². The zero-order valence-corrected chi connectivity index (χ0v) is 8.72. The molecule has 1 amide bonds. The first-order valence-electron chi connectivity index (χ1n) is 4.01. The van der Waals surface area contributed by atoms with Crippen molar-refractivity contribution in [2.24, 2.45) is 5.41 Å². The molecule has 1 rings (SSSR count). The van der Waals surface area contributed by atoms with Gasteiger partial charge in [0.15, 0.2) is 0 Å². The standard InChI is InChI=1S/C9H11NO3S/c1-9(2,8(12)13)7(11)10-6-3-4-14-5-6/h3-5H,1-2H3,(H,10,11)(H,12,13). The van der Waals surface area contributed by atoms with Crippen molar-refractivity contribution in [2.45, 2.75) is 13.8 Å². The summed E-state index contributed by atoms with van der Waals surface area (Å²) in [6, 6.07) is 1.72. The minimum atomic E-state index is -1.40. The third-order valence-electron chi connectivity index (χ3n) is 1.88. The summed E-state index contributed by atoms with van der Waals surface area (Å²) in [4.78, 5) is 22.2. The van der Waals surface area contributed by atoms with E-state index < -0.39 is 17.3 Å². The predicted octanol–water partition coefficient (Wildman–Crippen LogP) is 1.80. The lowest BCUT2D eigenvalue weighted by molar-refractivity contribution is -0.151. The van der Waals surface area contributed by atoms with Gasteiger partial charge >= 0.3 is 5.97 Å². The van der Waals surface area contributed by atoms with Gasteiger partial charge in [0, 0.05) is 5.38 Å². The Balaban J connectivity index is 2.72. The van der Waals surface area contributed by atoms with Crippen molar-refractivity contribution in [1.82, 2.24) is 0 Å². The van der Waals surface area contributed by atoms with Crippen LogP contribution in [0.25, 0.3) is 0 Å². The van der Waals surface area contributed by atoms with E-state index >= 15 is 0 Å². The van der Waals surface area contributed by atoms with Crippen LogP contribution in [0.1, 0.15) is 13.8 Å². The summed E-state index contributed by atoms with van der Waals surface area (Å²) in [5.74, 6) is -1.64. The van der Waals surface area contributed by atoms with E-state index in [-0.39, 0.29) is 0 Å². The van der Waals surface area contributed by atoms with Gasteiger partial charge in [-0.15, -0.1) is 0 Å². The minimum Gasteiger partial charge on any atom is -0.480 e. The van der Waals surface area contributed by atoms with Crippen LogP contribution < -0.4 is 5.32 Å². The SMILES string of the molecule is CC(C)(C(=O)O)C(=O)Nc1ccsc1. The number of carboxylic acids is 1. The van der Waals surface area contributed by atoms with Gasteiger partial charge in [0.25, 0.3) is 0 Å². The highest BCUT2D eigenvalue weighted by Crippen LogP contribution is 2.20. The van der Waals surface area contributed by atoms with E-state index in [9.17, 15) is 9.59 Å². The number of anilines is 1. The molecule has 76 valence electrons. The summed E-state index contributed by atoms with van der Waals surface area (Å²) in [6.45, 7) is 2.74. The zero-order chi connectivity index (χ0) is 10.8. The molecule has 2 N–H and O–H groups in total. The summed E-state index contributed by atoms with van der Waals surface area (Å²) < 4.78 is 0. The zero-order valence-electron chi connectivity index (χ0n) is 7.90. The molecule has 0 aliphatic heterocycles. The molecule has 0 aromatic carbocycles. The lowest BCUT2D eigenvalue weighted by atomic mass is 9.93. The molecule has 0 fully saturated rings. The monoisotopic (exact) mass is 213 g/mol. The van der Waals surface area contributed by atoms with Gasteiger partial charge in [-0.3, -0.25) is 9.59 Å². The highest BCUT2D eigenvalue weighted by Gasteiger charge is 2.35. The van der Waals surface area contributed by atoms with Crippen LogP contribution in [0.5, 0.6) is 0 Å². The summed E-state index contributed by atoms with van der Waals surface area (Å²) in [7, 11) is 0. The van der Waals surface area contributed by atoms with Crippen LogP contribution in [0.3, 0.4) is 0 Å². The second-order valence-corrected chi connectivity index (χ2v) is 4.18. The average Bonchev–Trinajstić information content (AvgIpc) is 2.56. The van der Waals surface area contributed by atoms with Crippen molar-refractivity contribution < 1.29 is 14.7 Å². The second kappa shape index (κ2) is 3.79. The predicted molar refractivity (Wildman–Crippen MR) is 54.4 cm³/mol. The van der Waals surface area contributed by atoms with Crippen LogP contribution in [0, 0.1) is 5.41 Å². The number of nitrogens with one attached hydrogen (secondary N) is 1. The van der Waals surface area contributed by atoms with Gasteiger partial charge in [-0.2, -0.15) is 11.3 Å². The first-order valence-corrected chi connectivity index (χ1v) is 4.96. The number of hydrogen-bond acceptors (Lipinski definition) is 3. The van der Waals surface area contributed by atoms with Gasteiger partial charge in [-0.25, -0.2) is 0 Å². The number of carbonyl (C=O) groups is 2. The van der Waals surface area contributed by atoms with Gasteiger partial charge in [-0.1, -0.05) is 0 Å². The third-order valence-corrected chi connectivity index (χ3v) is 2.56. The van der Waals surface area contributed by atoms with Crippen LogP contribution >= 0.6 is 11.3 Å². The van der Waals surface area contributed by atoms with Crippen LogP contribution in [0.4, 0.5) is 5.69 Å². The molecule has 0 spiro atoms. The van der Waals surface area contributed by atoms with E-state index in [1.807, 2.05) is 5.38 Å². The first kappa shape index (κ1) is 10.7. The minimum absolute atomic E-state index is 0.511. The molecule has 4 nitrogen and oxygen atoms in total. The quantitative estimate of drug-likeness (QED) is 0.752. The largest absolute Gasteiger partial charge is 0.480 e. The lowest BCUT2D eigenvalue weighted by Gasteiger charge is -2.17. The fourth-order valence-corrected chi connectivity index (χ4v) is 1.31. The fraction of sp³-hybridized carbons (Fsp3) is 0.333. The van der Waals surface area contributed by atoms with Crippen molar-refractivity contribution in [1.29, 1.82) is 0 Å². The molecule has 5 heteroatoms. The van der Waals surface area contributed by atoms with Crippen LogP contribution in [-0.4, -0.2) is 17.0 Å². The second-order valence-electron chi connectivity index (χ2n) is 3.40. The van der Waals surface area contributed by atoms with Gasteiger partial charge in [0.1, 0.15) is 5.41 Å². The molecule has 0 saturated carbocycles. The van der Waals surface area contributed by atoms with E-state index in [4.69, 9.17) is 5.11 Å². The molecule has 0 unspecified atom stereocenters. The maximum Gasteiger partial charge on any atom is 0.318 e. The van der Waals surface area contributed by atoms with Crippen molar-refractivity contribution in [3.8, 4) is 0 Å². The number of thiophene rings is 1. The molecule has 1 aromatic rings. The molecule has 0 bridgehead atoms. The van der Waals surface area contributed by atoms with E-state index in [1.165, 1.54) is 25.2 Å². The molecular formula is C9H11NO3S. The number of rotatable bonds is 3. The first-order chi connectivity index (χ1) is 6.44. The van der Waals surface area contributed by atoms with Crippen molar-refractivity contribution in [3.63, 3.8) is 0 Å². The van der Waals surface area contributed by atoms with Crippen LogP contribution in [-0.2, 0) is 9.59 Å². The number of hydrogen-bond donors (Lipinski definition) is 2. The molecule has 1 heterocycles. The Morgan fingerprint density at radius 2 is 2.14 bits per heavy atom. The maximum absolute atomic E-state index is 11.5. The van der Waals surface area contributed by atoms with Gasteiger partial charge in [0.05, 0.1) is 5.69 Å². The topological polar surface area (TPSA) is 66.4 Å². The Kier molecular flexibility index (Phi) is 2.90. The average molecular weight is 213 g/mol. The Labute approximate surface area is 85.6 Å². The smallest absolute Gasteiger partial charge is 0.318 e. The molecule has 14 heavy (non-hydrogen) atoms. The number of amides is 1. The summed E-state index contributed by atoms with van der Waals surface area (Å²) in [6.07, 6.45) is 0. The highest BCUT2D eigenvalue weighted by atomic mass is 32.1. The number of carbonyl (C=O) groups excluding carboxylic acids is 1. The molecule has 0 aliphatic rings. The van der Waals surface area contributed by atoms with Crippen molar-refractivity contribution >= 4 is 28.9 Å². The summed E-state index contributed by atoms with van der Waals surface area (Å²) >= 11 is 1.44. The molecular weight excluding hydrogens is 202 g/mol. The van der Waals surface area contributed by atoms with E-state index in [0.717, 1.165) is 0 Å². The lowest BCUT2D eigenvalue weighted by Crippen LogP contribution is -2.37. The van der Waals surface area contributed by atoms with E-state index in [1.54, 1.807) is 11.4 Å². The number of aliphatic carboxylic acids is 1. The molecule has 0 saturated heterocycles. The summed E-state index contributed by atoms with van der Waals surface area (Å²) in [5, 5.41) is 14.9. The Morgan fingerprint density at radius 1 is 1.50 bits per heavy atom. The fourth-order valence-electron chi connectivity index (χ4n) is 0.720. The summed E-state index contributed by atoms with van der Waals surface area (Å²) in [5.41, 5.74) is -0.767. The number of carboxylic acid groups (broad SMARTS) is 1. The molecule has 0 atom stereocenters. The van der Waals surface area contributed by atoms with Gasteiger partial charge in [0.2, 0.25) is 5.91 Å². The van der Waals surface area contributed by atoms with Gasteiger partial charge < -0.3 is 10.4 Å². The molecule has 0 radical (unpaired) electrons. The van der Waals surface area contributed by atoms with Crippen LogP contribution in [0.15, 0.2) is 16.8 Å². The maximum atomic E-state index is 11.5. The molecule has 1 aromatic heterocycles. The van der Waals surface area contributed by atoms with Crippen molar-refractivity contribution in [3.05, 3.63) is 16.8 Å². The van der Waals surface area contributed by atoms with E-state index in [0.29, 0.717) is 5.69 Å². The van der Waals surface area contributed by atoms with Crippen LogP contribution in [0.2, 0.25) is 0 Å². The Hall–Kier alpha value is -1.36. The Bertz CT molecular complexity index is 343. The Morgan fingerprint density at radius 3 is 2.57 bits per heavy atom. The normalized spacial score (nSPS) is 11.0. The van der Waals surface area contributed by atoms with E-state index in [2.05, 4.69) is 5.32 Å². The third kappa shape index (κ3) is 2.11.